The minimum Gasteiger partial charge on any atom is -0.103 e. The second kappa shape index (κ2) is 16.0. The normalized spacial score (nSPS) is 12.3. The second-order valence-corrected chi connectivity index (χ2v) is 16.9. The fraction of sp³-hybridized carbons (Fsp3) is 0.312. The van der Waals surface area contributed by atoms with Crippen LogP contribution in [0.15, 0.2) is 95.9 Å². The van der Waals surface area contributed by atoms with E-state index >= 15 is 0 Å². The van der Waals surface area contributed by atoms with Crippen LogP contribution >= 0.6 is 0 Å². The predicted octanol–water partition coefficient (Wildman–Crippen LogP) is 7.63. The number of benzene rings is 3. The van der Waals surface area contributed by atoms with Crippen molar-refractivity contribution in [2.45, 2.75) is 59.6 Å². The topological polar surface area (TPSA) is 29.5 Å². The van der Waals surface area contributed by atoms with E-state index in [1.54, 1.807) is 29.7 Å². The van der Waals surface area contributed by atoms with E-state index in [2.05, 4.69) is 82.0 Å². The Balaban J connectivity index is 0.00000114. The minimum absolute atomic E-state index is 0.322. The van der Waals surface area contributed by atoms with Gasteiger partial charge in [0, 0.05) is 0 Å². The van der Waals surface area contributed by atoms with Crippen molar-refractivity contribution in [3.63, 3.8) is 0 Å². The number of allylic oxidation sites excluding steroid dienone is 3. The molecule has 0 spiro atoms. The van der Waals surface area contributed by atoms with E-state index in [0.717, 1.165) is 23.8 Å². The molecule has 0 saturated heterocycles. The van der Waals surface area contributed by atoms with Gasteiger partial charge in [-0.1, -0.05) is 19.9 Å². The first-order valence-electron chi connectivity index (χ1n) is 12.7. The molecule has 0 amide bonds. The molecule has 0 radical (unpaired) electrons. The zero-order valence-corrected chi connectivity index (χ0v) is 24.9. The molecule has 3 aromatic rings. The minimum atomic E-state index is -2.88. The third-order valence-electron chi connectivity index (χ3n) is 6.13. The Bertz CT molecular complexity index is 1020. The molecule has 0 aliphatic carbocycles. The van der Waals surface area contributed by atoms with Crippen molar-refractivity contribution in [3.05, 3.63) is 107 Å². The summed E-state index contributed by atoms with van der Waals surface area (Å²) in [6.07, 6.45) is 6.17. The van der Waals surface area contributed by atoms with E-state index in [1.807, 2.05) is 32.9 Å². The van der Waals surface area contributed by atoms with Gasteiger partial charge in [-0.25, -0.2) is 0 Å². The van der Waals surface area contributed by atoms with Gasteiger partial charge in [-0.2, -0.15) is 0 Å². The summed E-state index contributed by atoms with van der Waals surface area (Å²) in [4.78, 5) is 0. The Morgan fingerprint density at radius 3 is 1.80 bits per heavy atom. The number of ether oxygens (including phenoxy) is 1. The molecule has 3 aromatic carbocycles. The van der Waals surface area contributed by atoms with Crippen LogP contribution in [-0.2, 0) is 6.42 Å². The molecule has 35 heavy (non-hydrogen) atoms. The largest absolute Gasteiger partial charge is 0.103 e. The van der Waals surface area contributed by atoms with Crippen LogP contribution in [-0.4, -0.2) is 25.5 Å². The number of hydrogen-bond donors (Lipinski definition) is 1. The van der Waals surface area contributed by atoms with E-state index in [9.17, 15) is 5.11 Å². The molecule has 0 saturated carbocycles. The number of rotatable bonds is 8. The van der Waals surface area contributed by atoms with Crippen LogP contribution in [0, 0.1) is 6.92 Å². The molecule has 1 atom stereocenters. The van der Waals surface area contributed by atoms with Gasteiger partial charge in [-0.3, -0.25) is 0 Å². The van der Waals surface area contributed by atoms with Crippen molar-refractivity contribution in [2.75, 3.05) is 7.11 Å². The Labute approximate surface area is 216 Å². The molecule has 0 aromatic heterocycles. The Morgan fingerprint density at radius 2 is 1.37 bits per heavy atom. The first-order chi connectivity index (χ1) is 16.9. The van der Waals surface area contributed by atoms with E-state index in [0.29, 0.717) is 5.75 Å². The van der Waals surface area contributed by atoms with Crippen LogP contribution < -0.4 is 13.5 Å². The molecule has 0 bridgehead atoms. The van der Waals surface area contributed by atoms with E-state index in [-0.39, 0.29) is 0 Å². The maximum absolute atomic E-state index is 9.67. The van der Waals surface area contributed by atoms with Crippen molar-refractivity contribution >= 4 is 22.1 Å². The number of hydrogen-bond acceptors (Lipinski definition) is 2. The zero-order valence-electron chi connectivity index (χ0n) is 22.8. The summed E-state index contributed by atoms with van der Waals surface area (Å²) in [7, 11) is 1.72. The monoisotopic (exact) mass is 534 g/mol. The number of phenols is 1. The second-order valence-electron chi connectivity index (χ2n) is 8.24. The molecule has 0 aliphatic heterocycles. The molecule has 3 rings (SSSR count). The van der Waals surface area contributed by atoms with Crippen molar-refractivity contribution in [2.24, 2.45) is 0 Å². The van der Waals surface area contributed by atoms with Gasteiger partial charge < -0.3 is 0 Å². The summed E-state index contributed by atoms with van der Waals surface area (Å²) in [5.41, 5.74) is 2.57. The van der Waals surface area contributed by atoms with Crippen molar-refractivity contribution in [1.29, 1.82) is 0 Å². The van der Waals surface area contributed by atoms with Gasteiger partial charge in [0.25, 0.3) is 0 Å². The van der Waals surface area contributed by atoms with Gasteiger partial charge in [-0.05, 0) is 6.92 Å². The van der Waals surface area contributed by atoms with Crippen LogP contribution in [0.4, 0.5) is 0 Å². The van der Waals surface area contributed by atoms with Gasteiger partial charge in [-0.15, -0.1) is 6.58 Å². The smallest absolute Gasteiger partial charge is 0.0473 e. The van der Waals surface area contributed by atoms with Crippen LogP contribution in [0.1, 0.15) is 52.2 Å². The molecule has 2 nitrogen and oxygen atoms in total. The predicted molar refractivity (Wildman–Crippen MR) is 157 cm³/mol. The summed E-state index contributed by atoms with van der Waals surface area (Å²) in [5, 5.41) is 10.8. The molecule has 188 valence electrons. The zero-order chi connectivity index (χ0) is 26.3. The maximum Gasteiger partial charge on any atom is -0.0473 e. The molecular formula is C32H44GeO2. The van der Waals surface area contributed by atoms with Crippen LogP contribution in [0.3, 0.4) is 0 Å². The summed E-state index contributed by atoms with van der Waals surface area (Å²) >= 11 is -2.88. The molecule has 0 aliphatic rings. The van der Waals surface area contributed by atoms with Gasteiger partial charge in [0.1, 0.15) is 0 Å². The first-order valence-corrected chi connectivity index (χ1v) is 17.3. The van der Waals surface area contributed by atoms with E-state index in [1.165, 1.54) is 19.9 Å². The quantitative estimate of drug-likeness (QED) is 0.238. The van der Waals surface area contributed by atoms with Crippen molar-refractivity contribution < 1.29 is 9.84 Å². The third kappa shape index (κ3) is 8.17. The molecule has 0 fully saturated rings. The van der Waals surface area contributed by atoms with Crippen LogP contribution in [0.25, 0.3) is 0 Å². The fourth-order valence-corrected chi connectivity index (χ4v) is 15.4. The fourth-order valence-electron chi connectivity index (χ4n) is 4.45. The number of aryl methyl sites for hydroxylation is 2. The maximum atomic E-state index is 9.67. The summed E-state index contributed by atoms with van der Waals surface area (Å²) in [6.45, 7) is 15.9. The summed E-state index contributed by atoms with van der Waals surface area (Å²) in [5.74, 6) is 1.22. The molecule has 3 heteroatoms. The van der Waals surface area contributed by atoms with Crippen LogP contribution in [0.2, 0.25) is 5.25 Å². The summed E-state index contributed by atoms with van der Waals surface area (Å²) in [6, 6.07) is 25.7. The van der Waals surface area contributed by atoms with Gasteiger partial charge >= 0.3 is 184 Å². The van der Waals surface area contributed by atoms with Crippen molar-refractivity contribution in [3.8, 4) is 11.5 Å². The SMILES string of the molecule is C/C=[C](\CC)[Ge]([CH2]Cc1ccc(O)cc1)([c]1ccc(C)cc1)[c]1ccc(OC)cc1.C=CC.CC. The van der Waals surface area contributed by atoms with Gasteiger partial charge in [0.05, 0.1) is 0 Å². The van der Waals surface area contributed by atoms with Gasteiger partial charge in [0.15, 0.2) is 0 Å². The molecular weight excluding hydrogens is 489 g/mol. The van der Waals surface area contributed by atoms with E-state index < -0.39 is 13.3 Å². The molecule has 0 heterocycles. The Hall–Kier alpha value is -2.72. The van der Waals surface area contributed by atoms with Crippen LogP contribution in [0.5, 0.6) is 11.5 Å². The number of aromatic hydroxyl groups is 1. The average Bonchev–Trinajstić information content (AvgIpc) is 2.90. The average molecular weight is 533 g/mol. The summed E-state index contributed by atoms with van der Waals surface area (Å²) < 4.78 is 10.0. The number of phenolic OH excluding ortho intramolecular Hbond substituents is 1. The first kappa shape index (κ1) is 30.3. The third-order valence-corrected chi connectivity index (χ3v) is 17.4. The molecule has 1 N–H and O–H groups in total. The van der Waals surface area contributed by atoms with Crippen molar-refractivity contribution in [1.82, 2.24) is 0 Å². The van der Waals surface area contributed by atoms with Gasteiger partial charge in [0.2, 0.25) is 0 Å². The number of methoxy groups -OCH3 is 1. The Kier molecular flexibility index (Phi) is 13.9. The Morgan fingerprint density at radius 1 is 0.886 bits per heavy atom. The molecule has 1 unspecified atom stereocenters. The standard InChI is InChI=1S/C27H32GeO2.C3H6.C2H6/c1-5-23(6-2)28(24-11-7-21(3)8-12-24,25-13-17-27(30-4)18-14-25)20-19-22-9-15-26(29)16-10-22;1-3-2;1-2/h5,7-18,29H,6,19-20H2,1-4H3;3H,1H2,2H3;1-2H3/b23-5+;;. The van der Waals surface area contributed by atoms with E-state index in [4.69, 9.17) is 4.74 Å².